The second-order valence-corrected chi connectivity index (χ2v) is 9.20. The highest BCUT2D eigenvalue weighted by Gasteiger charge is 2.27. The van der Waals surface area contributed by atoms with Gasteiger partial charge in [-0.3, -0.25) is 9.59 Å². The summed E-state index contributed by atoms with van der Waals surface area (Å²) >= 11 is 1.52. The van der Waals surface area contributed by atoms with Gasteiger partial charge in [0.05, 0.1) is 17.1 Å². The predicted molar refractivity (Wildman–Crippen MR) is 122 cm³/mol. The van der Waals surface area contributed by atoms with E-state index in [1.165, 1.54) is 11.3 Å². The molecule has 3 heterocycles. The molecule has 31 heavy (non-hydrogen) atoms. The number of benzene rings is 1. The average molecular weight is 440 g/mol. The van der Waals surface area contributed by atoms with Crippen molar-refractivity contribution in [2.24, 2.45) is 0 Å². The van der Waals surface area contributed by atoms with Gasteiger partial charge in [-0.25, -0.2) is 0 Å². The molecule has 0 spiro atoms. The molecule has 7 heteroatoms. The van der Waals surface area contributed by atoms with Crippen molar-refractivity contribution >= 4 is 33.2 Å². The van der Waals surface area contributed by atoms with Crippen LogP contribution in [0.3, 0.4) is 0 Å². The predicted octanol–water partition coefficient (Wildman–Crippen LogP) is 4.72. The van der Waals surface area contributed by atoms with Crippen molar-refractivity contribution in [3.8, 4) is 0 Å². The zero-order valence-electron chi connectivity index (χ0n) is 18.1. The van der Waals surface area contributed by atoms with Crippen molar-refractivity contribution in [3.05, 3.63) is 52.2 Å². The van der Waals surface area contributed by atoms with Crippen LogP contribution in [0.1, 0.15) is 66.2 Å². The van der Waals surface area contributed by atoms with Crippen LogP contribution in [0.4, 0.5) is 0 Å². The summed E-state index contributed by atoms with van der Waals surface area (Å²) in [7, 11) is 0. The summed E-state index contributed by atoms with van der Waals surface area (Å²) in [5, 5.41) is 8.09. The van der Waals surface area contributed by atoms with Gasteiger partial charge in [0.25, 0.3) is 5.91 Å². The Morgan fingerprint density at radius 1 is 1.26 bits per heavy atom. The van der Waals surface area contributed by atoms with Crippen LogP contribution in [-0.2, 0) is 24.2 Å². The van der Waals surface area contributed by atoms with E-state index >= 15 is 0 Å². The number of carbonyl (C=O) groups excluding carboxylic acids is 2. The molecule has 1 aliphatic rings. The van der Waals surface area contributed by atoms with Crippen LogP contribution in [0.25, 0.3) is 10.1 Å². The van der Waals surface area contributed by atoms with E-state index in [9.17, 15) is 9.59 Å². The molecule has 0 bridgehead atoms. The standard InChI is InChI=1S/C24H29N3O3S/c1-3-17-13-19(30-26-17)15-25-24(29)23-21(20-10-6-7-11-22(20)31-23)14-18-9-5-4-8-12-27(18)16(2)28/h6-7,10-11,13,18H,3-5,8-9,12,14-15H2,1-2H3,(H,25,29)/t18-/m1/s1. The molecule has 1 atom stereocenters. The molecule has 3 aromatic rings. The number of rotatable bonds is 6. The molecule has 164 valence electrons. The highest BCUT2D eigenvalue weighted by molar-refractivity contribution is 7.21. The van der Waals surface area contributed by atoms with Crippen molar-refractivity contribution in [1.82, 2.24) is 15.4 Å². The van der Waals surface area contributed by atoms with Crippen molar-refractivity contribution in [3.63, 3.8) is 0 Å². The van der Waals surface area contributed by atoms with Gasteiger partial charge < -0.3 is 14.7 Å². The number of nitrogens with zero attached hydrogens (tertiary/aromatic N) is 2. The summed E-state index contributed by atoms with van der Waals surface area (Å²) in [6, 6.07) is 10.2. The smallest absolute Gasteiger partial charge is 0.262 e. The Labute approximate surface area is 186 Å². The molecule has 0 radical (unpaired) electrons. The van der Waals surface area contributed by atoms with Crippen LogP contribution in [0.2, 0.25) is 0 Å². The van der Waals surface area contributed by atoms with Crippen LogP contribution >= 0.6 is 11.3 Å². The SMILES string of the molecule is CCc1cc(CNC(=O)c2sc3ccccc3c2C[C@H]2CCCCCN2C(C)=O)on1. The van der Waals surface area contributed by atoms with E-state index in [0.717, 1.165) is 64.9 Å². The molecule has 4 rings (SSSR count). The average Bonchev–Trinajstić information content (AvgIpc) is 3.30. The third-order valence-electron chi connectivity index (χ3n) is 6.02. The fourth-order valence-corrected chi connectivity index (χ4v) is 5.53. The zero-order chi connectivity index (χ0) is 21.8. The van der Waals surface area contributed by atoms with Crippen LogP contribution in [-0.4, -0.2) is 34.5 Å². The lowest BCUT2D eigenvalue weighted by Crippen LogP contribution is -2.40. The Balaban J connectivity index is 1.60. The summed E-state index contributed by atoms with van der Waals surface area (Å²) in [6.45, 7) is 4.78. The number of nitrogens with one attached hydrogen (secondary N) is 1. The number of aryl methyl sites for hydroxylation is 1. The third-order valence-corrected chi connectivity index (χ3v) is 7.23. The largest absolute Gasteiger partial charge is 0.359 e. The van der Waals surface area contributed by atoms with Gasteiger partial charge in [-0.2, -0.15) is 0 Å². The maximum atomic E-state index is 13.2. The number of fused-ring (bicyclic) bond motifs is 1. The normalized spacial score (nSPS) is 17.0. The second-order valence-electron chi connectivity index (χ2n) is 8.15. The highest BCUT2D eigenvalue weighted by Crippen LogP contribution is 2.34. The highest BCUT2D eigenvalue weighted by atomic mass is 32.1. The number of hydrogen-bond acceptors (Lipinski definition) is 5. The summed E-state index contributed by atoms with van der Waals surface area (Å²) in [4.78, 5) is 28.2. The Hall–Kier alpha value is -2.67. The number of likely N-dealkylation sites (tertiary alicyclic amines) is 1. The van der Waals surface area contributed by atoms with Gasteiger partial charge in [-0.15, -0.1) is 11.3 Å². The van der Waals surface area contributed by atoms with Crippen LogP contribution in [0, 0.1) is 0 Å². The van der Waals surface area contributed by atoms with E-state index in [1.54, 1.807) is 6.92 Å². The Morgan fingerprint density at radius 2 is 2.10 bits per heavy atom. The summed E-state index contributed by atoms with van der Waals surface area (Å²) in [5.41, 5.74) is 1.92. The first-order chi connectivity index (χ1) is 15.1. The minimum atomic E-state index is -0.103. The van der Waals surface area contributed by atoms with E-state index in [-0.39, 0.29) is 17.9 Å². The molecular weight excluding hydrogens is 410 g/mol. The number of thiophene rings is 1. The van der Waals surface area contributed by atoms with Gasteiger partial charge in [0.1, 0.15) is 0 Å². The molecule has 2 aromatic heterocycles. The van der Waals surface area contributed by atoms with Gasteiger partial charge in [0.2, 0.25) is 5.91 Å². The van der Waals surface area contributed by atoms with Crippen molar-refractivity contribution < 1.29 is 14.1 Å². The minimum Gasteiger partial charge on any atom is -0.359 e. The number of carbonyl (C=O) groups is 2. The fourth-order valence-electron chi connectivity index (χ4n) is 4.38. The number of aromatic nitrogens is 1. The molecule has 1 saturated heterocycles. The monoisotopic (exact) mass is 439 g/mol. The summed E-state index contributed by atoms with van der Waals surface area (Å²) in [5.74, 6) is 0.669. The molecule has 0 aliphatic carbocycles. The third kappa shape index (κ3) is 4.82. The summed E-state index contributed by atoms with van der Waals surface area (Å²) < 4.78 is 6.40. The van der Waals surface area contributed by atoms with Crippen molar-refractivity contribution in [2.75, 3.05) is 6.54 Å². The molecule has 1 N–H and O–H groups in total. The van der Waals surface area contributed by atoms with E-state index in [1.807, 2.05) is 30.0 Å². The quantitative estimate of drug-likeness (QED) is 0.603. The number of amides is 2. The first-order valence-corrected chi connectivity index (χ1v) is 11.9. The molecule has 6 nitrogen and oxygen atoms in total. The van der Waals surface area contributed by atoms with Crippen LogP contribution in [0.5, 0.6) is 0 Å². The minimum absolute atomic E-state index is 0.103. The topological polar surface area (TPSA) is 75.4 Å². The first kappa shape index (κ1) is 21.6. The van der Waals surface area contributed by atoms with E-state index in [2.05, 4.69) is 22.6 Å². The fraction of sp³-hybridized carbons (Fsp3) is 0.458. The van der Waals surface area contributed by atoms with Crippen molar-refractivity contribution in [1.29, 1.82) is 0 Å². The van der Waals surface area contributed by atoms with Gasteiger partial charge in [0.15, 0.2) is 5.76 Å². The molecule has 0 saturated carbocycles. The molecule has 2 amide bonds. The lowest BCUT2D eigenvalue weighted by atomic mass is 9.98. The van der Waals surface area contributed by atoms with Crippen molar-refractivity contribution in [2.45, 2.75) is 65.0 Å². The van der Waals surface area contributed by atoms with E-state index in [4.69, 9.17) is 4.52 Å². The zero-order valence-corrected chi connectivity index (χ0v) is 19.0. The second kappa shape index (κ2) is 9.64. The van der Waals surface area contributed by atoms with Gasteiger partial charge in [-0.05, 0) is 42.7 Å². The lowest BCUT2D eigenvalue weighted by molar-refractivity contribution is -0.131. The summed E-state index contributed by atoms with van der Waals surface area (Å²) in [6.07, 6.45) is 5.78. The van der Waals surface area contributed by atoms with Gasteiger partial charge in [0, 0.05) is 30.3 Å². The molecule has 1 aromatic carbocycles. The molecular formula is C24H29N3O3S. The first-order valence-electron chi connectivity index (χ1n) is 11.1. The Bertz CT molecular complexity index is 1070. The van der Waals surface area contributed by atoms with Gasteiger partial charge in [-0.1, -0.05) is 43.1 Å². The van der Waals surface area contributed by atoms with E-state index in [0.29, 0.717) is 18.7 Å². The molecule has 1 fully saturated rings. The van der Waals surface area contributed by atoms with Crippen LogP contribution < -0.4 is 5.32 Å². The maximum absolute atomic E-state index is 13.2. The van der Waals surface area contributed by atoms with Crippen LogP contribution in [0.15, 0.2) is 34.9 Å². The Kier molecular flexibility index (Phi) is 6.70. The number of hydrogen-bond donors (Lipinski definition) is 1. The molecule has 1 aliphatic heterocycles. The lowest BCUT2D eigenvalue weighted by Gasteiger charge is -2.29. The maximum Gasteiger partial charge on any atom is 0.262 e. The van der Waals surface area contributed by atoms with Gasteiger partial charge >= 0.3 is 0 Å². The van der Waals surface area contributed by atoms with E-state index < -0.39 is 0 Å². The molecule has 0 unspecified atom stereocenters. The Morgan fingerprint density at radius 3 is 2.87 bits per heavy atom.